The van der Waals surface area contributed by atoms with Gasteiger partial charge in [0, 0.05) is 24.5 Å². The molecule has 0 spiro atoms. The van der Waals surface area contributed by atoms with Crippen molar-refractivity contribution >= 4 is 18.3 Å². The Kier molecular flexibility index (Phi) is 5.04. The third kappa shape index (κ3) is 2.80. The molecule has 4 rings (SSSR count). The highest BCUT2D eigenvalue weighted by Gasteiger charge is 2.44. The van der Waals surface area contributed by atoms with Gasteiger partial charge in [0.1, 0.15) is 0 Å². The number of nitrogens with zero attached hydrogens (tertiary/aromatic N) is 1. The summed E-state index contributed by atoms with van der Waals surface area (Å²) in [7, 11) is 0. The SMILES string of the molecule is Cl.NC1C2CCCC1CC(C(=O)N1CCCC3CCCC31)C2. The molecular formula is C18H31ClN2O. The molecule has 126 valence electrons. The monoisotopic (exact) mass is 326 g/mol. The Morgan fingerprint density at radius 2 is 1.45 bits per heavy atom. The summed E-state index contributed by atoms with van der Waals surface area (Å²) in [5.41, 5.74) is 6.39. The molecule has 4 unspecified atom stereocenters. The van der Waals surface area contributed by atoms with Crippen molar-refractivity contribution < 1.29 is 4.79 Å². The van der Waals surface area contributed by atoms with Crippen LogP contribution in [0.5, 0.6) is 0 Å². The van der Waals surface area contributed by atoms with E-state index in [1.165, 1.54) is 51.4 Å². The number of fused-ring (bicyclic) bond motifs is 3. The molecule has 0 radical (unpaired) electrons. The summed E-state index contributed by atoms with van der Waals surface area (Å²) < 4.78 is 0. The van der Waals surface area contributed by atoms with Crippen molar-refractivity contribution in [3.05, 3.63) is 0 Å². The third-order valence-electron chi connectivity index (χ3n) is 7.04. The van der Waals surface area contributed by atoms with Gasteiger partial charge in [-0.05, 0) is 69.1 Å². The van der Waals surface area contributed by atoms with Crippen LogP contribution in [0.4, 0.5) is 0 Å². The van der Waals surface area contributed by atoms with Crippen LogP contribution in [0, 0.1) is 23.7 Å². The summed E-state index contributed by atoms with van der Waals surface area (Å²) in [6.45, 7) is 1.03. The summed E-state index contributed by atoms with van der Waals surface area (Å²) >= 11 is 0. The summed E-state index contributed by atoms with van der Waals surface area (Å²) in [5, 5.41) is 0. The Hall–Kier alpha value is -0.280. The van der Waals surface area contributed by atoms with Crippen molar-refractivity contribution in [2.24, 2.45) is 29.4 Å². The van der Waals surface area contributed by atoms with Gasteiger partial charge in [-0.1, -0.05) is 12.8 Å². The highest BCUT2D eigenvalue weighted by molar-refractivity contribution is 5.85. The van der Waals surface area contributed by atoms with Crippen LogP contribution in [0.2, 0.25) is 0 Å². The first-order valence-electron chi connectivity index (χ1n) is 9.30. The van der Waals surface area contributed by atoms with E-state index in [1.807, 2.05) is 0 Å². The van der Waals surface area contributed by atoms with E-state index in [2.05, 4.69) is 4.90 Å². The Morgan fingerprint density at radius 1 is 0.864 bits per heavy atom. The fourth-order valence-electron chi connectivity index (χ4n) is 5.95. The molecule has 3 saturated carbocycles. The van der Waals surface area contributed by atoms with Crippen LogP contribution in [0.25, 0.3) is 0 Å². The predicted molar refractivity (Wildman–Crippen MR) is 90.9 cm³/mol. The lowest BCUT2D eigenvalue weighted by Crippen LogP contribution is -2.53. The van der Waals surface area contributed by atoms with Crippen LogP contribution in [0.15, 0.2) is 0 Å². The quantitative estimate of drug-likeness (QED) is 0.803. The van der Waals surface area contributed by atoms with Gasteiger partial charge in [-0.3, -0.25) is 4.79 Å². The maximum atomic E-state index is 13.1. The van der Waals surface area contributed by atoms with Crippen molar-refractivity contribution in [1.29, 1.82) is 0 Å². The van der Waals surface area contributed by atoms with E-state index in [4.69, 9.17) is 5.73 Å². The van der Waals surface area contributed by atoms with E-state index < -0.39 is 0 Å². The lowest BCUT2D eigenvalue weighted by Gasteiger charge is -2.46. The lowest BCUT2D eigenvalue weighted by atomic mass is 9.64. The van der Waals surface area contributed by atoms with E-state index in [9.17, 15) is 4.79 Å². The number of carbonyl (C=O) groups excluding carboxylic acids is 1. The van der Waals surface area contributed by atoms with Crippen molar-refractivity contribution in [2.75, 3.05) is 6.54 Å². The summed E-state index contributed by atoms with van der Waals surface area (Å²) in [4.78, 5) is 15.4. The Morgan fingerprint density at radius 3 is 2.18 bits per heavy atom. The average Bonchev–Trinajstić information content (AvgIpc) is 2.94. The van der Waals surface area contributed by atoms with Crippen LogP contribution in [-0.2, 0) is 4.79 Å². The molecule has 4 atom stereocenters. The Balaban J connectivity index is 0.00000144. The zero-order valence-corrected chi connectivity index (χ0v) is 14.4. The molecule has 2 bridgehead atoms. The maximum absolute atomic E-state index is 13.1. The molecule has 22 heavy (non-hydrogen) atoms. The molecule has 1 amide bonds. The lowest BCUT2D eigenvalue weighted by molar-refractivity contribution is -0.143. The fraction of sp³-hybridized carbons (Fsp3) is 0.944. The molecule has 1 aliphatic heterocycles. The molecule has 4 heteroatoms. The number of piperidine rings is 1. The van der Waals surface area contributed by atoms with Gasteiger partial charge in [0.25, 0.3) is 0 Å². The molecule has 0 aromatic rings. The molecule has 3 nitrogen and oxygen atoms in total. The van der Waals surface area contributed by atoms with E-state index >= 15 is 0 Å². The van der Waals surface area contributed by atoms with Gasteiger partial charge in [-0.25, -0.2) is 0 Å². The number of likely N-dealkylation sites (tertiary alicyclic amines) is 1. The van der Waals surface area contributed by atoms with Gasteiger partial charge >= 0.3 is 0 Å². The molecule has 0 aromatic carbocycles. The van der Waals surface area contributed by atoms with Crippen LogP contribution < -0.4 is 5.73 Å². The topological polar surface area (TPSA) is 46.3 Å². The van der Waals surface area contributed by atoms with Gasteiger partial charge in [0.2, 0.25) is 5.91 Å². The Bertz CT molecular complexity index is 402. The fourth-order valence-corrected chi connectivity index (χ4v) is 5.95. The number of rotatable bonds is 1. The highest BCUT2D eigenvalue weighted by atomic mass is 35.5. The third-order valence-corrected chi connectivity index (χ3v) is 7.04. The van der Waals surface area contributed by atoms with Crippen LogP contribution in [0.3, 0.4) is 0 Å². The highest BCUT2D eigenvalue weighted by Crippen LogP contribution is 2.44. The zero-order chi connectivity index (χ0) is 14.4. The van der Waals surface area contributed by atoms with Crippen molar-refractivity contribution in [3.63, 3.8) is 0 Å². The molecule has 4 aliphatic rings. The van der Waals surface area contributed by atoms with Gasteiger partial charge in [0.15, 0.2) is 0 Å². The molecule has 3 aliphatic carbocycles. The largest absolute Gasteiger partial charge is 0.339 e. The van der Waals surface area contributed by atoms with Gasteiger partial charge in [-0.2, -0.15) is 0 Å². The van der Waals surface area contributed by atoms with E-state index in [1.54, 1.807) is 0 Å². The van der Waals surface area contributed by atoms with Crippen LogP contribution in [0.1, 0.15) is 64.2 Å². The Labute approximate surface area is 140 Å². The molecule has 4 fully saturated rings. The first-order valence-corrected chi connectivity index (χ1v) is 9.30. The maximum Gasteiger partial charge on any atom is 0.225 e. The standard InChI is InChI=1S/C18H30N2O.ClH/c19-17-13-5-1-6-14(17)11-15(10-13)18(21)20-9-3-7-12-4-2-8-16(12)20;/h12-17H,1-11,19H2;1H. The normalized spacial score (nSPS) is 44.1. The van der Waals surface area contributed by atoms with Crippen molar-refractivity contribution in [1.82, 2.24) is 4.90 Å². The molecule has 2 N–H and O–H groups in total. The number of hydrogen-bond acceptors (Lipinski definition) is 2. The van der Waals surface area contributed by atoms with E-state index in [0.717, 1.165) is 25.3 Å². The number of carbonyl (C=O) groups is 1. The number of hydrogen-bond donors (Lipinski definition) is 1. The minimum Gasteiger partial charge on any atom is -0.339 e. The van der Waals surface area contributed by atoms with Crippen LogP contribution in [-0.4, -0.2) is 29.4 Å². The minimum atomic E-state index is 0. The predicted octanol–water partition coefficient (Wildman–Crippen LogP) is 3.35. The summed E-state index contributed by atoms with van der Waals surface area (Å²) in [6.07, 6.45) is 12.5. The van der Waals surface area contributed by atoms with Crippen molar-refractivity contribution in [3.8, 4) is 0 Å². The van der Waals surface area contributed by atoms with Crippen LogP contribution >= 0.6 is 12.4 Å². The average molecular weight is 327 g/mol. The first-order chi connectivity index (χ1) is 10.2. The first kappa shape index (κ1) is 16.6. The van der Waals surface area contributed by atoms with Gasteiger partial charge in [-0.15, -0.1) is 12.4 Å². The zero-order valence-electron chi connectivity index (χ0n) is 13.6. The molecular weight excluding hydrogens is 296 g/mol. The molecule has 1 saturated heterocycles. The molecule has 0 aromatic heterocycles. The number of halogens is 1. The van der Waals surface area contributed by atoms with Gasteiger partial charge < -0.3 is 10.6 Å². The second-order valence-corrected chi connectivity index (χ2v) is 8.13. The smallest absolute Gasteiger partial charge is 0.225 e. The summed E-state index contributed by atoms with van der Waals surface area (Å²) in [5.74, 6) is 2.84. The minimum absolute atomic E-state index is 0. The van der Waals surface area contributed by atoms with Gasteiger partial charge in [0.05, 0.1) is 0 Å². The second kappa shape index (κ2) is 6.68. The summed E-state index contributed by atoms with van der Waals surface area (Å²) in [6, 6.07) is 0.963. The number of amides is 1. The van der Waals surface area contributed by atoms with Crippen molar-refractivity contribution in [2.45, 2.75) is 76.3 Å². The number of nitrogens with two attached hydrogens (primary N) is 1. The van der Waals surface area contributed by atoms with E-state index in [-0.39, 0.29) is 12.4 Å². The second-order valence-electron chi connectivity index (χ2n) is 8.13. The molecule has 1 heterocycles. The van der Waals surface area contributed by atoms with E-state index in [0.29, 0.717) is 35.7 Å².